The highest BCUT2D eigenvalue weighted by Gasteiger charge is 2.27. The molecule has 2 N–H and O–H groups in total. The summed E-state index contributed by atoms with van der Waals surface area (Å²) < 4.78 is 18.6. The van der Waals surface area contributed by atoms with Crippen LogP contribution in [0.2, 0.25) is 0 Å². The summed E-state index contributed by atoms with van der Waals surface area (Å²) in [5.41, 5.74) is 0.686. The summed E-state index contributed by atoms with van der Waals surface area (Å²) in [6.07, 6.45) is 0.437. The lowest BCUT2D eigenvalue weighted by Gasteiger charge is -2.36. The van der Waals surface area contributed by atoms with Gasteiger partial charge >= 0.3 is 0 Å². The molecule has 0 spiro atoms. The lowest BCUT2D eigenvalue weighted by atomic mass is 10.0. The number of halogens is 1. The number of piperidine rings is 1. The SMILES string of the molecule is COCCN[C@@H]1CCN(Cc2ccccc2F)C[C@H]1O. The average Bonchev–Trinajstić information content (AvgIpc) is 2.44. The average molecular weight is 282 g/mol. The van der Waals surface area contributed by atoms with Crippen LogP contribution in [0.1, 0.15) is 12.0 Å². The van der Waals surface area contributed by atoms with Gasteiger partial charge in [0.1, 0.15) is 5.82 Å². The van der Waals surface area contributed by atoms with E-state index in [4.69, 9.17) is 4.74 Å². The molecule has 1 aromatic rings. The van der Waals surface area contributed by atoms with Gasteiger partial charge in [-0.25, -0.2) is 4.39 Å². The zero-order valence-electron chi connectivity index (χ0n) is 11.9. The van der Waals surface area contributed by atoms with E-state index >= 15 is 0 Å². The molecule has 0 radical (unpaired) electrons. The Morgan fingerprint density at radius 1 is 1.45 bits per heavy atom. The van der Waals surface area contributed by atoms with Gasteiger partial charge < -0.3 is 15.2 Å². The third-order valence-electron chi connectivity index (χ3n) is 3.73. The van der Waals surface area contributed by atoms with Gasteiger partial charge in [-0.2, -0.15) is 0 Å². The van der Waals surface area contributed by atoms with E-state index in [1.807, 2.05) is 6.07 Å². The highest BCUT2D eigenvalue weighted by Crippen LogP contribution is 2.16. The Balaban J connectivity index is 1.82. The summed E-state index contributed by atoms with van der Waals surface area (Å²) in [5.74, 6) is -0.178. The van der Waals surface area contributed by atoms with Crippen molar-refractivity contribution in [3.63, 3.8) is 0 Å². The van der Waals surface area contributed by atoms with E-state index < -0.39 is 6.10 Å². The molecule has 2 rings (SSSR count). The van der Waals surface area contributed by atoms with Gasteiger partial charge in [0.2, 0.25) is 0 Å². The summed E-state index contributed by atoms with van der Waals surface area (Å²) in [6, 6.07) is 6.91. The van der Waals surface area contributed by atoms with Gasteiger partial charge in [0, 0.05) is 44.9 Å². The number of aliphatic hydroxyl groups excluding tert-OH is 1. The second-order valence-corrected chi connectivity index (χ2v) is 5.24. The molecule has 0 aliphatic carbocycles. The highest BCUT2D eigenvalue weighted by atomic mass is 19.1. The minimum atomic E-state index is -0.424. The zero-order valence-corrected chi connectivity index (χ0v) is 11.9. The van der Waals surface area contributed by atoms with Gasteiger partial charge in [0.25, 0.3) is 0 Å². The number of nitrogens with one attached hydrogen (secondary N) is 1. The minimum Gasteiger partial charge on any atom is -0.390 e. The summed E-state index contributed by atoms with van der Waals surface area (Å²) >= 11 is 0. The summed E-state index contributed by atoms with van der Waals surface area (Å²) in [6.45, 7) is 3.36. The molecule has 5 heteroatoms. The van der Waals surface area contributed by atoms with E-state index in [9.17, 15) is 9.50 Å². The fraction of sp³-hybridized carbons (Fsp3) is 0.600. The van der Waals surface area contributed by atoms with Gasteiger partial charge in [-0.3, -0.25) is 4.90 Å². The molecular formula is C15H23FN2O2. The number of aliphatic hydroxyl groups is 1. The van der Waals surface area contributed by atoms with Crippen LogP contribution in [-0.4, -0.2) is 55.5 Å². The van der Waals surface area contributed by atoms with Crippen molar-refractivity contribution in [2.24, 2.45) is 0 Å². The molecule has 20 heavy (non-hydrogen) atoms. The molecule has 2 atom stereocenters. The van der Waals surface area contributed by atoms with Crippen LogP contribution in [0.4, 0.5) is 4.39 Å². The predicted molar refractivity (Wildman–Crippen MR) is 76.0 cm³/mol. The Hall–Kier alpha value is -1.01. The van der Waals surface area contributed by atoms with E-state index in [1.165, 1.54) is 6.07 Å². The van der Waals surface area contributed by atoms with Crippen molar-refractivity contribution in [1.29, 1.82) is 0 Å². The maximum absolute atomic E-state index is 13.6. The van der Waals surface area contributed by atoms with Gasteiger partial charge in [-0.1, -0.05) is 18.2 Å². The van der Waals surface area contributed by atoms with Crippen molar-refractivity contribution < 1.29 is 14.2 Å². The van der Waals surface area contributed by atoms with E-state index in [-0.39, 0.29) is 11.9 Å². The van der Waals surface area contributed by atoms with Crippen LogP contribution in [-0.2, 0) is 11.3 Å². The van der Waals surface area contributed by atoms with Gasteiger partial charge in [-0.15, -0.1) is 0 Å². The molecule has 0 aromatic heterocycles. The van der Waals surface area contributed by atoms with Crippen LogP contribution in [0.15, 0.2) is 24.3 Å². The Morgan fingerprint density at radius 2 is 2.25 bits per heavy atom. The molecule has 1 fully saturated rings. The smallest absolute Gasteiger partial charge is 0.127 e. The number of hydrogen-bond acceptors (Lipinski definition) is 4. The standard InChI is InChI=1S/C15H23FN2O2/c1-20-9-7-17-14-6-8-18(11-15(14)19)10-12-4-2-3-5-13(12)16/h2-5,14-15,17,19H,6-11H2,1H3/t14-,15-/m1/s1. The van der Waals surface area contributed by atoms with Gasteiger partial charge in [0.15, 0.2) is 0 Å². The van der Waals surface area contributed by atoms with Crippen molar-refractivity contribution in [3.8, 4) is 0 Å². The summed E-state index contributed by atoms with van der Waals surface area (Å²) in [5, 5.41) is 13.4. The zero-order chi connectivity index (χ0) is 14.4. The normalized spacial score (nSPS) is 23.9. The fourth-order valence-electron chi connectivity index (χ4n) is 2.59. The van der Waals surface area contributed by atoms with E-state index in [0.717, 1.165) is 19.5 Å². The second kappa shape index (κ2) is 7.69. The lowest BCUT2D eigenvalue weighted by molar-refractivity contribution is 0.0343. The lowest BCUT2D eigenvalue weighted by Crippen LogP contribution is -2.52. The first-order valence-electron chi connectivity index (χ1n) is 7.07. The Labute approximate surface area is 119 Å². The molecule has 0 saturated carbocycles. The van der Waals surface area contributed by atoms with Crippen molar-refractivity contribution in [1.82, 2.24) is 10.2 Å². The highest BCUT2D eigenvalue weighted by molar-refractivity contribution is 5.17. The summed E-state index contributed by atoms with van der Waals surface area (Å²) in [4.78, 5) is 2.09. The van der Waals surface area contributed by atoms with E-state index in [1.54, 1.807) is 19.2 Å². The Morgan fingerprint density at radius 3 is 2.95 bits per heavy atom. The van der Waals surface area contributed by atoms with Gasteiger partial charge in [0.05, 0.1) is 12.7 Å². The number of nitrogens with zero attached hydrogens (tertiary/aromatic N) is 1. The summed E-state index contributed by atoms with van der Waals surface area (Å²) in [7, 11) is 1.66. The number of rotatable bonds is 6. The predicted octanol–water partition coefficient (Wildman–Crippen LogP) is 0.997. The topological polar surface area (TPSA) is 44.7 Å². The quantitative estimate of drug-likeness (QED) is 0.764. The maximum atomic E-state index is 13.6. The number of ether oxygens (including phenoxy) is 1. The first kappa shape index (κ1) is 15.4. The number of β-amino-alcohol motifs (C(OH)–C–C–N with tert-alkyl or cyclic N) is 1. The van der Waals surface area contributed by atoms with E-state index in [2.05, 4.69) is 10.2 Å². The van der Waals surface area contributed by atoms with Crippen LogP contribution in [0.5, 0.6) is 0 Å². The fourth-order valence-corrected chi connectivity index (χ4v) is 2.59. The molecule has 1 heterocycles. The maximum Gasteiger partial charge on any atom is 0.127 e. The Bertz CT molecular complexity index is 417. The largest absolute Gasteiger partial charge is 0.390 e. The number of benzene rings is 1. The Kier molecular flexibility index (Phi) is 5.91. The van der Waals surface area contributed by atoms with E-state index in [0.29, 0.717) is 25.3 Å². The molecule has 1 aliphatic rings. The third-order valence-corrected chi connectivity index (χ3v) is 3.73. The molecule has 0 bridgehead atoms. The first-order chi connectivity index (χ1) is 9.70. The molecule has 1 saturated heterocycles. The van der Waals surface area contributed by atoms with Crippen LogP contribution in [0.3, 0.4) is 0 Å². The molecule has 0 amide bonds. The third kappa shape index (κ3) is 4.24. The van der Waals surface area contributed by atoms with Crippen LogP contribution < -0.4 is 5.32 Å². The number of likely N-dealkylation sites (tertiary alicyclic amines) is 1. The molecule has 1 aliphatic heterocycles. The first-order valence-corrected chi connectivity index (χ1v) is 7.07. The van der Waals surface area contributed by atoms with Crippen LogP contribution >= 0.6 is 0 Å². The number of hydrogen-bond donors (Lipinski definition) is 2. The molecule has 1 aromatic carbocycles. The molecule has 4 nitrogen and oxygen atoms in total. The van der Waals surface area contributed by atoms with Crippen molar-refractivity contribution in [2.75, 3.05) is 33.4 Å². The number of methoxy groups -OCH3 is 1. The van der Waals surface area contributed by atoms with Crippen LogP contribution in [0, 0.1) is 5.82 Å². The monoisotopic (exact) mass is 282 g/mol. The van der Waals surface area contributed by atoms with Gasteiger partial charge in [-0.05, 0) is 12.5 Å². The second-order valence-electron chi connectivity index (χ2n) is 5.24. The molecular weight excluding hydrogens is 259 g/mol. The minimum absolute atomic E-state index is 0.0991. The molecule has 112 valence electrons. The van der Waals surface area contributed by atoms with Crippen molar-refractivity contribution in [3.05, 3.63) is 35.6 Å². The van der Waals surface area contributed by atoms with Crippen molar-refractivity contribution in [2.45, 2.75) is 25.1 Å². The van der Waals surface area contributed by atoms with Crippen LogP contribution in [0.25, 0.3) is 0 Å². The molecule has 0 unspecified atom stereocenters. The van der Waals surface area contributed by atoms with Crippen molar-refractivity contribution >= 4 is 0 Å².